The Bertz CT molecular complexity index is 708. The lowest BCUT2D eigenvalue weighted by Crippen LogP contribution is -2.21. The zero-order chi connectivity index (χ0) is 17.2. The van der Waals surface area contributed by atoms with Crippen molar-refractivity contribution < 1.29 is 9.53 Å². The van der Waals surface area contributed by atoms with Crippen LogP contribution in [0.5, 0.6) is 5.75 Å². The van der Waals surface area contributed by atoms with E-state index in [1.54, 1.807) is 11.3 Å². The van der Waals surface area contributed by atoms with Crippen molar-refractivity contribution in [2.45, 2.75) is 51.9 Å². The number of thiazole rings is 1. The second kappa shape index (κ2) is 6.93. The summed E-state index contributed by atoms with van der Waals surface area (Å²) in [6.07, 6.45) is 4.52. The van der Waals surface area contributed by atoms with E-state index in [4.69, 9.17) is 4.74 Å². The quantitative estimate of drug-likeness (QED) is 0.898. The van der Waals surface area contributed by atoms with Crippen LogP contribution < -0.4 is 10.1 Å². The smallest absolute Gasteiger partial charge is 0.264 e. The van der Waals surface area contributed by atoms with Gasteiger partial charge in [0.25, 0.3) is 5.91 Å². The van der Waals surface area contributed by atoms with E-state index in [2.05, 4.69) is 31.1 Å². The lowest BCUT2D eigenvalue weighted by Gasteiger charge is -2.22. The number of nitrogens with one attached hydrogen (secondary N) is 1. The zero-order valence-electron chi connectivity index (χ0n) is 14.5. The van der Waals surface area contributed by atoms with Crippen molar-refractivity contribution in [1.29, 1.82) is 0 Å². The number of anilines is 1. The predicted octanol–water partition coefficient (Wildman–Crippen LogP) is 4.34. The van der Waals surface area contributed by atoms with Gasteiger partial charge in [-0.25, -0.2) is 4.98 Å². The number of nitrogens with zero attached hydrogens (tertiary/aromatic N) is 1. The summed E-state index contributed by atoms with van der Waals surface area (Å²) in [6, 6.07) is 7.88. The molecule has 0 aliphatic heterocycles. The Balaban J connectivity index is 1.61. The highest BCUT2D eigenvalue weighted by Crippen LogP contribution is 2.31. The monoisotopic (exact) mass is 344 g/mol. The van der Waals surface area contributed by atoms with Crippen molar-refractivity contribution >= 4 is 22.4 Å². The molecule has 1 heterocycles. The third kappa shape index (κ3) is 3.96. The first-order valence-corrected chi connectivity index (χ1v) is 9.26. The van der Waals surface area contributed by atoms with Gasteiger partial charge in [0.05, 0.1) is 5.69 Å². The zero-order valence-corrected chi connectivity index (χ0v) is 15.3. The highest BCUT2D eigenvalue weighted by molar-refractivity contribution is 7.15. The van der Waals surface area contributed by atoms with E-state index in [9.17, 15) is 4.79 Å². The third-order valence-electron chi connectivity index (χ3n) is 4.15. The van der Waals surface area contributed by atoms with Gasteiger partial charge >= 0.3 is 0 Å². The van der Waals surface area contributed by atoms with Gasteiger partial charge in [-0.05, 0) is 42.7 Å². The molecule has 1 N–H and O–H groups in total. The average molecular weight is 344 g/mol. The number of para-hydroxylation sites is 1. The minimum absolute atomic E-state index is 0.00264. The molecule has 0 saturated carbocycles. The van der Waals surface area contributed by atoms with Gasteiger partial charge in [-0.3, -0.25) is 10.1 Å². The molecule has 0 fully saturated rings. The molecule has 24 heavy (non-hydrogen) atoms. The lowest BCUT2D eigenvalue weighted by atomic mass is 9.86. The van der Waals surface area contributed by atoms with Crippen LogP contribution in [0.15, 0.2) is 24.3 Å². The molecule has 4 nitrogen and oxygen atoms in total. The van der Waals surface area contributed by atoms with Crippen LogP contribution in [0.1, 0.15) is 49.7 Å². The molecule has 0 bridgehead atoms. The van der Waals surface area contributed by atoms with E-state index in [0.29, 0.717) is 5.13 Å². The number of aryl methyl sites for hydroxylation is 2. The van der Waals surface area contributed by atoms with Crippen LogP contribution in [0.3, 0.4) is 0 Å². The summed E-state index contributed by atoms with van der Waals surface area (Å²) in [5.74, 6) is 0.600. The highest BCUT2D eigenvalue weighted by Gasteiger charge is 2.20. The van der Waals surface area contributed by atoms with Crippen LogP contribution in [0.25, 0.3) is 0 Å². The minimum atomic E-state index is -0.162. The molecule has 128 valence electrons. The Morgan fingerprint density at radius 3 is 2.75 bits per heavy atom. The van der Waals surface area contributed by atoms with Crippen molar-refractivity contribution in [3.8, 4) is 5.75 Å². The predicted molar refractivity (Wildman–Crippen MR) is 98.0 cm³/mol. The number of hydrogen-bond acceptors (Lipinski definition) is 4. The maximum absolute atomic E-state index is 12.2. The fourth-order valence-corrected chi connectivity index (χ4v) is 3.98. The number of benzene rings is 1. The number of ether oxygens (including phenoxy) is 1. The van der Waals surface area contributed by atoms with E-state index in [-0.39, 0.29) is 17.9 Å². The number of aromatic nitrogens is 1. The second-order valence-corrected chi connectivity index (χ2v) is 8.26. The maximum Gasteiger partial charge on any atom is 0.264 e. The summed E-state index contributed by atoms with van der Waals surface area (Å²) in [5.41, 5.74) is 2.23. The van der Waals surface area contributed by atoms with Crippen molar-refractivity contribution in [3.05, 3.63) is 40.4 Å². The molecule has 0 radical (unpaired) electrons. The van der Waals surface area contributed by atoms with Crippen LogP contribution >= 0.6 is 11.3 Å². The van der Waals surface area contributed by atoms with Crippen LogP contribution in [-0.2, 0) is 23.1 Å². The molecule has 3 rings (SSSR count). The molecule has 0 saturated heterocycles. The average Bonchev–Trinajstić information content (AvgIpc) is 2.94. The molecule has 1 aliphatic carbocycles. The molecule has 1 aromatic heterocycles. The molecule has 0 spiro atoms. The van der Waals surface area contributed by atoms with Crippen LogP contribution in [-0.4, -0.2) is 17.5 Å². The summed E-state index contributed by atoms with van der Waals surface area (Å²) in [6.45, 7) is 6.40. The third-order valence-corrected chi connectivity index (χ3v) is 5.22. The number of hydrogen-bond donors (Lipinski definition) is 1. The number of carbonyl (C=O) groups excluding carboxylic acids is 1. The highest BCUT2D eigenvalue weighted by atomic mass is 32.1. The molecule has 5 heteroatoms. The number of rotatable bonds is 4. The largest absolute Gasteiger partial charge is 0.483 e. The fraction of sp³-hybridized carbons (Fsp3) is 0.474. The van der Waals surface area contributed by atoms with Gasteiger partial charge in [0.15, 0.2) is 11.7 Å². The van der Waals surface area contributed by atoms with Gasteiger partial charge in [0.1, 0.15) is 5.75 Å². The molecular formula is C19H24N2O2S. The fourth-order valence-electron chi connectivity index (χ4n) is 2.92. The Labute approximate surface area is 147 Å². The minimum Gasteiger partial charge on any atom is -0.483 e. The molecule has 0 atom stereocenters. The lowest BCUT2D eigenvalue weighted by molar-refractivity contribution is -0.118. The van der Waals surface area contributed by atoms with Crippen molar-refractivity contribution in [2.75, 3.05) is 11.9 Å². The summed E-state index contributed by atoms with van der Waals surface area (Å²) in [5, 5.41) is 3.57. The standard InChI is InChI=1S/C19H24N2O2S/c1-19(2,3)13-8-4-6-10-15(13)23-12-17(22)21-18-20-14-9-5-7-11-16(14)24-18/h4,6,8,10H,5,7,9,11-12H2,1-3H3,(H,20,21,22). The van der Waals surface area contributed by atoms with Crippen molar-refractivity contribution in [2.24, 2.45) is 0 Å². The van der Waals surface area contributed by atoms with E-state index in [1.165, 1.54) is 17.7 Å². The molecule has 2 aromatic rings. The topological polar surface area (TPSA) is 51.2 Å². The van der Waals surface area contributed by atoms with E-state index >= 15 is 0 Å². The van der Waals surface area contributed by atoms with Crippen molar-refractivity contribution in [3.63, 3.8) is 0 Å². The first-order valence-electron chi connectivity index (χ1n) is 8.44. The first-order chi connectivity index (χ1) is 11.4. The number of carbonyl (C=O) groups is 1. The van der Waals surface area contributed by atoms with Gasteiger partial charge in [0.2, 0.25) is 0 Å². The Morgan fingerprint density at radius 1 is 1.25 bits per heavy atom. The molecular weight excluding hydrogens is 320 g/mol. The van der Waals surface area contributed by atoms with Crippen molar-refractivity contribution in [1.82, 2.24) is 4.98 Å². The normalized spacial score (nSPS) is 14.1. The van der Waals surface area contributed by atoms with Gasteiger partial charge < -0.3 is 4.74 Å². The Hall–Kier alpha value is -1.88. The van der Waals surface area contributed by atoms with E-state index in [1.807, 2.05) is 24.3 Å². The molecule has 1 aliphatic rings. The Kier molecular flexibility index (Phi) is 4.90. The number of amides is 1. The first kappa shape index (κ1) is 17.0. The van der Waals surface area contributed by atoms with E-state index < -0.39 is 0 Å². The SMILES string of the molecule is CC(C)(C)c1ccccc1OCC(=O)Nc1nc2c(s1)CCCC2. The van der Waals surface area contributed by atoms with Gasteiger partial charge in [-0.15, -0.1) is 11.3 Å². The number of fused-ring (bicyclic) bond motifs is 1. The Morgan fingerprint density at radius 2 is 2.00 bits per heavy atom. The van der Waals surface area contributed by atoms with Crippen LogP contribution in [0.2, 0.25) is 0 Å². The molecule has 1 amide bonds. The van der Waals surface area contributed by atoms with Crippen LogP contribution in [0.4, 0.5) is 5.13 Å². The summed E-state index contributed by atoms with van der Waals surface area (Å²) < 4.78 is 5.76. The summed E-state index contributed by atoms with van der Waals surface area (Å²) in [7, 11) is 0. The molecule has 1 aromatic carbocycles. The van der Waals surface area contributed by atoms with Gasteiger partial charge in [-0.2, -0.15) is 0 Å². The van der Waals surface area contributed by atoms with Crippen LogP contribution in [0, 0.1) is 0 Å². The maximum atomic E-state index is 12.2. The second-order valence-electron chi connectivity index (χ2n) is 7.18. The summed E-state index contributed by atoms with van der Waals surface area (Å²) in [4.78, 5) is 18.0. The molecule has 0 unspecified atom stereocenters. The van der Waals surface area contributed by atoms with E-state index in [0.717, 1.165) is 29.8 Å². The van der Waals surface area contributed by atoms with Gasteiger partial charge in [-0.1, -0.05) is 39.0 Å². The summed E-state index contributed by atoms with van der Waals surface area (Å²) >= 11 is 1.59. The van der Waals surface area contributed by atoms with Gasteiger partial charge in [0, 0.05) is 4.88 Å².